The van der Waals surface area contributed by atoms with Gasteiger partial charge in [-0.3, -0.25) is 4.74 Å². The minimum absolute atomic E-state index is 0. The molecule has 5 nitrogen and oxygen atoms in total. The second-order valence-corrected chi connectivity index (χ2v) is 6.86. The molecule has 1 aromatic rings. The van der Waals surface area contributed by atoms with E-state index in [-0.39, 0.29) is 76.0 Å². The number of rotatable bonds is 10. The molecule has 0 fully saturated rings. The van der Waals surface area contributed by atoms with Gasteiger partial charge < -0.3 is 18.6 Å². The average molecular weight is 633 g/mol. The van der Waals surface area contributed by atoms with E-state index in [0.29, 0.717) is 12.1 Å². The summed E-state index contributed by atoms with van der Waals surface area (Å²) in [7, 11) is 0. The van der Waals surface area contributed by atoms with Crippen molar-refractivity contribution in [2.75, 3.05) is 13.2 Å². The van der Waals surface area contributed by atoms with Crippen LogP contribution in [0.15, 0.2) is 29.3 Å². The number of ether oxygens (including phenoxy) is 4. The SMILES string of the molecule is F[C-](OC(F)(F)C(F)(OC(F)(F)C(F)(F)C(F)(F)F)C(F)(F)F)C(F)(F)Oc1ccc(C2=NCCO2)cc1.[K+]. The monoisotopic (exact) mass is 633 g/mol. The smallest absolute Gasteiger partial charge is 0.476 e. The van der Waals surface area contributed by atoms with Gasteiger partial charge >= 0.3 is 93.8 Å². The van der Waals surface area contributed by atoms with E-state index < -0.39 is 54.6 Å². The maximum absolute atomic E-state index is 14.0. The molecule has 1 unspecified atom stereocenters. The van der Waals surface area contributed by atoms with E-state index in [4.69, 9.17) is 4.74 Å². The van der Waals surface area contributed by atoms with E-state index in [1.54, 1.807) is 0 Å². The zero-order valence-corrected chi connectivity index (χ0v) is 21.5. The molecule has 0 bridgehead atoms. The summed E-state index contributed by atoms with van der Waals surface area (Å²) in [5, 5.41) is 0. The maximum Gasteiger partial charge on any atom is 1.00 e. The van der Waals surface area contributed by atoms with Crippen molar-refractivity contribution in [2.45, 2.75) is 42.5 Å². The fraction of sp³-hybridized carbons (Fsp3) is 0.529. The van der Waals surface area contributed by atoms with E-state index >= 15 is 0 Å². The second kappa shape index (κ2) is 11.7. The molecule has 0 aromatic heterocycles. The third-order valence-corrected chi connectivity index (χ3v) is 4.11. The minimum Gasteiger partial charge on any atom is -0.476 e. The largest absolute Gasteiger partial charge is 1.00 e. The minimum atomic E-state index is -7.77. The predicted molar refractivity (Wildman–Crippen MR) is 86.7 cm³/mol. The zero-order valence-electron chi connectivity index (χ0n) is 18.4. The zero-order chi connectivity index (χ0) is 29.6. The first kappa shape index (κ1) is 36.0. The van der Waals surface area contributed by atoms with Gasteiger partial charge in [-0.2, -0.15) is 65.9 Å². The molecule has 0 N–H and O–H groups in total. The molecule has 0 aliphatic carbocycles. The number of nitrogens with zero attached hydrogens (tertiary/aromatic N) is 1. The van der Waals surface area contributed by atoms with Crippen molar-refractivity contribution in [3.05, 3.63) is 36.2 Å². The van der Waals surface area contributed by atoms with Gasteiger partial charge in [-0.25, -0.2) is 4.99 Å². The topological polar surface area (TPSA) is 49.3 Å². The van der Waals surface area contributed by atoms with Crippen molar-refractivity contribution in [1.29, 1.82) is 0 Å². The Balaban J connectivity index is 0.00000760. The molecule has 2 rings (SSSR count). The maximum atomic E-state index is 14.0. The van der Waals surface area contributed by atoms with E-state index in [2.05, 4.69) is 14.5 Å². The van der Waals surface area contributed by atoms with Crippen LogP contribution in [0.25, 0.3) is 0 Å². The molecule has 39 heavy (non-hydrogen) atoms. The predicted octanol–water partition coefficient (Wildman–Crippen LogP) is 3.54. The number of hydrogen-bond donors (Lipinski definition) is 0. The van der Waals surface area contributed by atoms with Crippen molar-refractivity contribution in [3.8, 4) is 5.75 Å². The molecular formula is C17H8F16KNO4. The Kier molecular flexibility index (Phi) is 10.8. The van der Waals surface area contributed by atoms with Gasteiger partial charge in [0.15, 0.2) is 0 Å². The van der Waals surface area contributed by atoms with Crippen molar-refractivity contribution < 1.29 is 141 Å². The van der Waals surface area contributed by atoms with Crippen LogP contribution < -0.4 is 56.1 Å². The normalized spacial score (nSPS) is 17.3. The van der Waals surface area contributed by atoms with Crippen LogP contribution in [-0.4, -0.2) is 61.5 Å². The quantitative estimate of drug-likeness (QED) is 0.225. The Labute approximate surface area is 247 Å². The molecule has 0 saturated carbocycles. The standard InChI is InChI=1S/C17H8F16NO4.K/c18-10(11(19,20)36-8-3-1-7(2-4-8)9-34-5-6-35-9)37-17(32,33)13(23,15(27,28)29)38-16(30,31)12(21,22)14(24,25)26;/h1-4H,5-6H2;/q-1;+1. The molecule has 1 aliphatic rings. The van der Waals surface area contributed by atoms with Gasteiger partial charge in [0.25, 0.3) is 0 Å². The van der Waals surface area contributed by atoms with Crippen molar-refractivity contribution in [2.24, 2.45) is 4.99 Å². The summed E-state index contributed by atoms with van der Waals surface area (Å²) in [5.74, 6) is -16.7. The van der Waals surface area contributed by atoms with Gasteiger partial charge in [-0.05, 0) is 24.3 Å². The number of hydrogen-bond acceptors (Lipinski definition) is 5. The molecule has 0 spiro atoms. The molecule has 1 aromatic carbocycles. The van der Waals surface area contributed by atoms with Gasteiger partial charge in [0, 0.05) is 5.56 Å². The first-order valence-corrected chi connectivity index (χ1v) is 9.10. The van der Waals surface area contributed by atoms with Crippen LogP contribution in [0.5, 0.6) is 5.75 Å². The van der Waals surface area contributed by atoms with Gasteiger partial charge in [-0.15, -0.1) is 0 Å². The summed E-state index contributed by atoms with van der Waals surface area (Å²) in [6.07, 6.45) is -40.5. The Morgan fingerprint density at radius 1 is 0.744 bits per heavy atom. The van der Waals surface area contributed by atoms with Crippen LogP contribution in [0.1, 0.15) is 5.56 Å². The van der Waals surface area contributed by atoms with Crippen LogP contribution in [0, 0.1) is 6.36 Å². The summed E-state index contributed by atoms with van der Waals surface area (Å²) >= 11 is 0. The number of aliphatic imine (C=N–C) groups is 1. The van der Waals surface area contributed by atoms with Crippen molar-refractivity contribution in [3.63, 3.8) is 0 Å². The van der Waals surface area contributed by atoms with Crippen LogP contribution in [0.3, 0.4) is 0 Å². The van der Waals surface area contributed by atoms with Gasteiger partial charge in [0.05, 0.1) is 12.9 Å². The first-order chi connectivity index (χ1) is 16.9. The van der Waals surface area contributed by atoms with Crippen LogP contribution in [0.2, 0.25) is 0 Å². The van der Waals surface area contributed by atoms with Crippen LogP contribution >= 0.6 is 0 Å². The molecule has 218 valence electrons. The summed E-state index contributed by atoms with van der Waals surface area (Å²) in [4.78, 5) is 3.81. The van der Waals surface area contributed by atoms with E-state index in [1.165, 1.54) is 4.74 Å². The third kappa shape index (κ3) is 7.42. The van der Waals surface area contributed by atoms with Crippen LogP contribution in [-0.2, 0) is 14.2 Å². The fourth-order valence-corrected chi connectivity index (χ4v) is 2.29. The summed E-state index contributed by atoms with van der Waals surface area (Å²) in [6, 6.07) is 3.01. The average Bonchev–Trinajstić information content (AvgIpc) is 3.26. The molecule has 1 heterocycles. The molecule has 22 heteroatoms. The molecule has 0 radical (unpaired) electrons. The summed E-state index contributed by atoms with van der Waals surface area (Å²) in [5.41, 5.74) is 0.117. The Morgan fingerprint density at radius 3 is 1.67 bits per heavy atom. The van der Waals surface area contributed by atoms with Crippen molar-refractivity contribution >= 4 is 5.90 Å². The molecular weight excluding hydrogens is 625 g/mol. The number of halogens is 16. The number of alkyl halides is 15. The Morgan fingerprint density at radius 2 is 1.26 bits per heavy atom. The Bertz CT molecular complexity index is 1010. The fourth-order valence-electron chi connectivity index (χ4n) is 2.29. The third-order valence-electron chi connectivity index (χ3n) is 4.11. The van der Waals surface area contributed by atoms with E-state index in [0.717, 1.165) is 12.1 Å². The van der Waals surface area contributed by atoms with Crippen LogP contribution in [0.4, 0.5) is 70.2 Å². The second-order valence-electron chi connectivity index (χ2n) is 6.86. The molecule has 1 atom stereocenters. The molecule has 1 aliphatic heterocycles. The van der Waals surface area contributed by atoms with Gasteiger partial charge in [0.1, 0.15) is 12.4 Å². The molecule has 0 amide bonds. The molecule has 0 saturated heterocycles. The van der Waals surface area contributed by atoms with E-state index in [9.17, 15) is 70.2 Å². The number of benzene rings is 1. The summed E-state index contributed by atoms with van der Waals surface area (Å²) < 4.78 is 221. The van der Waals surface area contributed by atoms with Crippen molar-refractivity contribution in [1.82, 2.24) is 0 Å². The van der Waals surface area contributed by atoms with Gasteiger partial charge in [-0.1, -0.05) is 0 Å². The van der Waals surface area contributed by atoms with E-state index in [1.807, 2.05) is 0 Å². The Hall–Kier alpha value is -1.07. The summed E-state index contributed by atoms with van der Waals surface area (Å²) in [6.45, 7) is 0.365. The van der Waals surface area contributed by atoms with Gasteiger partial charge in [0.2, 0.25) is 5.90 Å². The first-order valence-electron chi connectivity index (χ1n) is 9.10.